The molecule has 0 fully saturated rings. The molecule has 1 aromatic carbocycles. The Labute approximate surface area is 117 Å². The summed E-state index contributed by atoms with van der Waals surface area (Å²) < 4.78 is 5.77. The number of hydrogen-bond acceptors (Lipinski definition) is 2. The summed E-state index contributed by atoms with van der Waals surface area (Å²) in [6.45, 7) is 7.01. The monoisotopic (exact) mass is 259 g/mol. The fraction of sp³-hybridized carbons (Fsp3) is 0.588. The van der Waals surface area contributed by atoms with Crippen LogP contribution in [0, 0.1) is 23.7 Å². The van der Waals surface area contributed by atoms with E-state index in [2.05, 4.69) is 32.9 Å². The van der Waals surface area contributed by atoms with Gasteiger partial charge in [-0.3, -0.25) is 0 Å². The van der Waals surface area contributed by atoms with Gasteiger partial charge in [-0.25, -0.2) is 0 Å². The first-order valence-electron chi connectivity index (χ1n) is 7.27. The molecule has 0 aromatic heterocycles. The third kappa shape index (κ3) is 4.59. The molecule has 1 rings (SSSR count). The first-order chi connectivity index (χ1) is 9.17. The van der Waals surface area contributed by atoms with E-state index in [1.165, 1.54) is 5.56 Å². The minimum absolute atomic E-state index is 0.122. The van der Waals surface area contributed by atoms with Crippen molar-refractivity contribution in [2.24, 2.45) is 5.41 Å². The van der Waals surface area contributed by atoms with Crippen molar-refractivity contribution in [3.05, 3.63) is 29.8 Å². The van der Waals surface area contributed by atoms with Crippen molar-refractivity contribution in [1.82, 2.24) is 0 Å². The fourth-order valence-electron chi connectivity index (χ4n) is 2.28. The van der Waals surface area contributed by atoms with E-state index in [9.17, 15) is 5.26 Å². The lowest BCUT2D eigenvalue weighted by Crippen LogP contribution is -2.16. The van der Waals surface area contributed by atoms with Crippen LogP contribution in [0.3, 0.4) is 0 Å². The molecule has 0 saturated carbocycles. The molecule has 0 aliphatic heterocycles. The smallest absolute Gasteiger partial charge is 0.122 e. The van der Waals surface area contributed by atoms with Crippen LogP contribution in [0.5, 0.6) is 5.75 Å². The molecule has 0 amide bonds. The fourth-order valence-corrected chi connectivity index (χ4v) is 2.28. The largest absolute Gasteiger partial charge is 0.493 e. The van der Waals surface area contributed by atoms with Gasteiger partial charge in [0.2, 0.25) is 0 Å². The van der Waals surface area contributed by atoms with Crippen LogP contribution in [0.1, 0.15) is 51.5 Å². The molecule has 2 nitrogen and oxygen atoms in total. The zero-order chi connectivity index (χ0) is 14.1. The molecule has 1 aromatic rings. The first-order valence-corrected chi connectivity index (χ1v) is 7.27. The average Bonchev–Trinajstić information content (AvgIpc) is 2.45. The summed E-state index contributed by atoms with van der Waals surface area (Å²) in [7, 11) is 0. The van der Waals surface area contributed by atoms with Gasteiger partial charge in [-0.1, -0.05) is 32.0 Å². The summed E-state index contributed by atoms with van der Waals surface area (Å²) in [6, 6.07) is 10.6. The Hall–Kier alpha value is -1.49. The molecule has 0 N–H and O–H groups in total. The van der Waals surface area contributed by atoms with Crippen molar-refractivity contribution in [3.63, 3.8) is 0 Å². The zero-order valence-corrected chi connectivity index (χ0v) is 12.4. The predicted octanol–water partition coefficient (Wildman–Crippen LogP) is 4.87. The molecule has 0 aliphatic carbocycles. The van der Waals surface area contributed by atoms with Crippen LogP contribution < -0.4 is 4.74 Å². The minimum atomic E-state index is -0.122. The van der Waals surface area contributed by atoms with E-state index in [0.717, 1.165) is 44.5 Å². The maximum Gasteiger partial charge on any atom is 0.122 e. The quantitative estimate of drug-likeness (QED) is 0.624. The van der Waals surface area contributed by atoms with Crippen LogP contribution in [0.2, 0.25) is 0 Å². The van der Waals surface area contributed by atoms with E-state index in [1.807, 2.05) is 18.2 Å². The van der Waals surface area contributed by atoms with Crippen LogP contribution in [-0.4, -0.2) is 6.61 Å². The summed E-state index contributed by atoms with van der Waals surface area (Å²) in [6.07, 6.45) is 4.93. The highest BCUT2D eigenvalue weighted by Crippen LogP contribution is 2.31. The topological polar surface area (TPSA) is 33.0 Å². The molecule has 0 saturated heterocycles. The van der Waals surface area contributed by atoms with Gasteiger partial charge in [-0.15, -0.1) is 0 Å². The van der Waals surface area contributed by atoms with E-state index < -0.39 is 0 Å². The number of hydrogen-bond donors (Lipinski definition) is 0. The highest BCUT2D eigenvalue weighted by molar-refractivity contribution is 5.31. The highest BCUT2D eigenvalue weighted by Gasteiger charge is 2.24. The average molecular weight is 259 g/mol. The molecule has 0 aliphatic rings. The second-order valence-electron chi connectivity index (χ2n) is 5.17. The summed E-state index contributed by atoms with van der Waals surface area (Å²) in [5.41, 5.74) is 1.05. The van der Waals surface area contributed by atoms with Crippen molar-refractivity contribution in [1.29, 1.82) is 5.26 Å². The Morgan fingerprint density at radius 1 is 1.16 bits per heavy atom. The third-order valence-electron chi connectivity index (χ3n) is 3.99. The standard InChI is InChI=1S/C17H25NO/c1-4-17(5-2,14-18)12-8-9-13-19-16-11-7-6-10-15(16)3/h6-7,10-11H,4-5,8-9,12-13H2,1-3H3. The number of aryl methyl sites for hydroxylation is 1. The van der Waals surface area contributed by atoms with Crippen LogP contribution >= 0.6 is 0 Å². The van der Waals surface area contributed by atoms with Crippen molar-refractivity contribution in [2.75, 3.05) is 6.61 Å². The van der Waals surface area contributed by atoms with Crippen molar-refractivity contribution in [2.45, 2.75) is 52.9 Å². The number of para-hydroxylation sites is 1. The van der Waals surface area contributed by atoms with Crippen LogP contribution in [-0.2, 0) is 0 Å². The Balaban J connectivity index is 2.29. The summed E-state index contributed by atoms with van der Waals surface area (Å²) in [4.78, 5) is 0. The molecule has 0 unspecified atom stereocenters. The Morgan fingerprint density at radius 3 is 2.42 bits per heavy atom. The van der Waals surface area contributed by atoms with E-state index >= 15 is 0 Å². The number of unbranched alkanes of at least 4 members (excludes halogenated alkanes) is 1. The van der Waals surface area contributed by atoms with Gasteiger partial charge in [-0.05, 0) is 50.7 Å². The third-order valence-corrected chi connectivity index (χ3v) is 3.99. The lowest BCUT2D eigenvalue weighted by atomic mass is 9.79. The molecular weight excluding hydrogens is 234 g/mol. The number of nitriles is 1. The minimum Gasteiger partial charge on any atom is -0.493 e. The highest BCUT2D eigenvalue weighted by atomic mass is 16.5. The maximum atomic E-state index is 9.27. The molecule has 19 heavy (non-hydrogen) atoms. The lowest BCUT2D eigenvalue weighted by Gasteiger charge is -2.23. The zero-order valence-electron chi connectivity index (χ0n) is 12.4. The van der Waals surface area contributed by atoms with Gasteiger partial charge in [0.15, 0.2) is 0 Å². The van der Waals surface area contributed by atoms with E-state index in [-0.39, 0.29) is 5.41 Å². The lowest BCUT2D eigenvalue weighted by molar-refractivity contribution is 0.275. The normalized spacial score (nSPS) is 11.1. The van der Waals surface area contributed by atoms with E-state index in [1.54, 1.807) is 0 Å². The second kappa shape index (κ2) is 7.84. The van der Waals surface area contributed by atoms with Crippen molar-refractivity contribution >= 4 is 0 Å². The molecule has 2 heteroatoms. The predicted molar refractivity (Wildman–Crippen MR) is 79.2 cm³/mol. The summed E-state index contributed by atoms with van der Waals surface area (Å²) >= 11 is 0. The molecule has 0 radical (unpaired) electrons. The summed E-state index contributed by atoms with van der Waals surface area (Å²) in [5.74, 6) is 0.972. The Morgan fingerprint density at radius 2 is 1.84 bits per heavy atom. The van der Waals surface area contributed by atoms with Gasteiger partial charge in [-0.2, -0.15) is 5.26 Å². The van der Waals surface area contributed by atoms with Gasteiger partial charge in [0.1, 0.15) is 5.75 Å². The van der Waals surface area contributed by atoms with Gasteiger partial charge in [0, 0.05) is 0 Å². The molecule has 0 spiro atoms. The maximum absolute atomic E-state index is 9.27. The van der Waals surface area contributed by atoms with Gasteiger partial charge in [0.05, 0.1) is 18.1 Å². The molecular formula is C17H25NO. The first kappa shape index (κ1) is 15.6. The van der Waals surface area contributed by atoms with Crippen molar-refractivity contribution in [3.8, 4) is 11.8 Å². The van der Waals surface area contributed by atoms with Gasteiger partial charge in [0.25, 0.3) is 0 Å². The van der Waals surface area contributed by atoms with Crippen LogP contribution in [0.4, 0.5) is 0 Å². The van der Waals surface area contributed by atoms with Crippen LogP contribution in [0.15, 0.2) is 24.3 Å². The molecule has 0 heterocycles. The second-order valence-corrected chi connectivity index (χ2v) is 5.17. The number of benzene rings is 1. The van der Waals surface area contributed by atoms with E-state index in [4.69, 9.17) is 4.74 Å². The Bertz CT molecular complexity index is 416. The summed E-state index contributed by atoms with van der Waals surface area (Å²) in [5, 5.41) is 9.27. The van der Waals surface area contributed by atoms with E-state index in [0.29, 0.717) is 0 Å². The van der Waals surface area contributed by atoms with Gasteiger partial charge >= 0.3 is 0 Å². The molecule has 0 bridgehead atoms. The SMILES string of the molecule is CCC(C#N)(CC)CCCCOc1ccccc1C. The number of rotatable bonds is 8. The molecule has 0 atom stereocenters. The van der Waals surface area contributed by atoms with Crippen LogP contribution in [0.25, 0.3) is 0 Å². The molecule has 104 valence electrons. The van der Waals surface area contributed by atoms with Crippen molar-refractivity contribution < 1.29 is 4.74 Å². The number of ether oxygens (including phenoxy) is 1. The Kier molecular flexibility index (Phi) is 6.42. The number of nitrogens with zero attached hydrogens (tertiary/aromatic N) is 1. The van der Waals surface area contributed by atoms with Gasteiger partial charge < -0.3 is 4.74 Å².